The van der Waals surface area contributed by atoms with Gasteiger partial charge in [-0.05, 0) is 36.5 Å². The van der Waals surface area contributed by atoms with E-state index in [1.54, 1.807) is 0 Å². The Hall–Kier alpha value is -2.33. The minimum Gasteiger partial charge on any atom is -0.362 e. The Morgan fingerprint density at radius 2 is 1.68 bits per heavy atom. The molecule has 2 aliphatic heterocycles. The highest BCUT2D eigenvalue weighted by Crippen LogP contribution is 2.56. The van der Waals surface area contributed by atoms with Gasteiger partial charge in [-0.25, -0.2) is 0 Å². The number of rotatable bonds is 3. The smallest absolute Gasteiger partial charge is 0.277 e. The number of nitrogens with zero attached hydrogens (tertiary/aromatic N) is 2. The van der Waals surface area contributed by atoms with Crippen LogP contribution in [0.3, 0.4) is 0 Å². The second kappa shape index (κ2) is 6.35. The van der Waals surface area contributed by atoms with Crippen LogP contribution in [0.4, 0.5) is 5.69 Å². The molecule has 1 saturated heterocycles. The molecule has 28 heavy (non-hydrogen) atoms. The summed E-state index contributed by atoms with van der Waals surface area (Å²) < 4.78 is 0. The van der Waals surface area contributed by atoms with E-state index in [4.69, 9.17) is 0 Å². The van der Waals surface area contributed by atoms with Crippen LogP contribution < -0.4 is 4.90 Å². The summed E-state index contributed by atoms with van der Waals surface area (Å²) in [7, 11) is 1.87. The second-order valence-electron chi connectivity index (χ2n) is 8.72. The molecule has 5 rings (SSSR count). The molecule has 4 nitrogen and oxygen atoms in total. The van der Waals surface area contributed by atoms with Crippen LogP contribution in [0.2, 0.25) is 0 Å². The largest absolute Gasteiger partial charge is 0.362 e. The fraction of sp³-hybridized carbons (Fsp3) is 0.458. The zero-order valence-corrected chi connectivity index (χ0v) is 16.5. The highest BCUT2D eigenvalue weighted by molar-refractivity contribution is 5.97. The van der Waals surface area contributed by atoms with E-state index in [9.17, 15) is 9.90 Å². The molecule has 2 aromatic carbocycles. The van der Waals surface area contributed by atoms with Crippen molar-refractivity contribution >= 4 is 11.6 Å². The highest BCUT2D eigenvalue weighted by atomic mass is 16.3. The molecule has 2 unspecified atom stereocenters. The molecule has 0 spiro atoms. The standard InChI is InChI=1S/C24H28N2O2/c1-25-21-15-9-8-14-20(21)23(16-18-10-4-2-5-11-18)17-26(22(27)24(23,25)28)19-12-6-3-7-13-19/h2,4-5,8-11,14-15,19,28H,3,6-7,12-13,16-17H2,1H3. The Morgan fingerprint density at radius 1 is 1.00 bits per heavy atom. The summed E-state index contributed by atoms with van der Waals surface area (Å²) in [5.74, 6) is -0.117. The van der Waals surface area contributed by atoms with E-state index < -0.39 is 11.1 Å². The lowest BCUT2D eigenvalue weighted by atomic mass is 9.71. The molecule has 2 aromatic rings. The third kappa shape index (κ3) is 2.24. The number of fused-ring (bicyclic) bond motifs is 3. The number of amides is 1. The number of carbonyl (C=O) groups is 1. The van der Waals surface area contributed by atoms with Crippen molar-refractivity contribution in [2.24, 2.45) is 0 Å². The van der Waals surface area contributed by atoms with Crippen molar-refractivity contribution in [3.63, 3.8) is 0 Å². The van der Waals surface area contributed by atoms with Gasteiger partial charge in [0.1, 0.15) is 0 Å². The third-order valence-electron chi connectivity index (χ3n) is 7.30. The van der Waals surface area contributed by atoms with Crippen LogP contribution >= 0.6 is 0 Å². The van der Waals surface area contributed by atoms with E-state index in [0.717, 1.165) is 29.7 Å². The first-order valence-electron chi connectivity index (χ1n) is 10.5. The third-order valence-corrected chi connectivity index (χ3v) is 7.30. The van der Waals surface area contributed by atoms with Crippen molar-refractivity contribution < 1.29 is 9.90 Å². The molecular formula is C24H28N2O2. The zero-order chi connectivity index (χ0) is 19.4. The van der Waals surface area contributed by atoms with Gasteiger partial charge in [0.15, 0.2) is 0 Å². The minimum atomic E-state index is -1.52. The molecule has 146 valence electrons. The maximum Gasteiger partial charge on any atom is 0.277 e. The normalized spacial score (nSPS) is 29.9. The molecule has 2 heterocycles. The van der Waals surface area contributed by atoms with Crippen LogP contribution in [-0.2, 0) is 16.6 Å². The molecule has 1 amide bonds. The number of carbonyl (C=O) groups excluding carboxylic acids is 1. The van der Waals surface area contributed by atoms with Gasteiger partial charge in [0.25, 0.3) is 5.91 Å². The summed E-state index contributed by atoms with van der Waals surface area (Å²) in [4.78, 5) is 17.6. The molecule has 0 aromatic heterocycles. The van der Waals surface area contributed by atoms with Crippen LogP contribution in [0.15, 0.2) is 54.6 Å². The number of hydrogen-bond donors (Lipinski definition) is 1. The van der Waals surface area contributed by atoms with Gasteiger partial charge < -0.3 is 14.9 Å². The van der Waals surface area contributed by atoms with Gasteiger partial charge in [0, 0.05) is 25.3 Å². The van der Waals surface area contributed by atoms with Crippen molar-refractivity contribution in [2.45, 2.75) is 55.7 Å². The number of hydrogen-bond acceptors (Lipinski definition) is 3. The molecular weight excluding hydrogens is 348 g/mol. The van der Waals surface area contributed by atoms with E-state index in [1.165, 1.54) is 19.3 Å². The zero-order valence-electron chi connectivity index (χ0n) is 16.5. The first kappa shape index (κ1) is 17.7. The van der Waals surface area contributed by atoms with Gasteiger partial charge >= 0.3 is 0 Å². The summed E-state index contributed by atoms with van der Waals surface area (Å²) in [5.41, 5.74) is 1.05. The van der Waals surface area contributed by atoms with Crippen molar-refractivity contribution in [3.05, 3.63) is 65.7 Å². The average molecular weight is 377 g/mol. The van der Waals surface area contributed by atoms with E-state index in [1.807, 2.05) is 53.2 Å². The number of anilines is 1. The number of benzene rings is 2. The predicted octanol–water partition coefficient (Wildman–Crippen LogP) is 3.48. The number of para-hydroxylation sites is 1. The molecule has 1 aliphatic carbocycles. The molecule has 1 N–H and O–H groups in total. The lowest BCUT2D eigenvalue weighted by molar-refractivity contribution is -0.147. The number of likely N-dealkylation sites (tertiary alicyclic amines) is 1. The Morgan fingerprint density at radius 3 is 2.43 bits per heavy atom. The fourth-order valence-electron chi connectivity index (χ4n) is 5.87. The van der Waals surface area contributed by atoms with E-state index in [-0.39, 0.29) is 11.9 Å². The van der Waals surface area contributed by atoms with Crippen molar-refractivity contribution in [1.82, 2.24) is 4.90 Å². The van der Waals surface area contributed by atoms with Gasteiger partial charge in [-0.15, -0.1) is 0 Å². The first-order chi connectivity index (χ1) is 13.6. The van der Waals surface area contributed by atoms with Crippen LogP contribution in [0.25, 0.3) is 0 Å². The van der Waals surface area contributed by atoms with Crippen LogP contribution in [0, 0.1) is 0 Å². The average Bonchev–Trinajstić information content (AvgIpc) is 3.08. The lowest BCUT2D eigenvalue weighted by Gasteiger charge is -2.37. The van der Waals surface area contributed by atoms with Crippen molar-refractivity contribution in [1.29, 1.82) is 0 Å². The summed E-state index contributed by atoms with van der Waals surface area (Å²) >= 11 is 0. The maximum atomic E-state index is 13.7. The van der Waals surface area contributed by atoms with Crippen LogP contribution in [0.1, 0.15) is 43.2 Å². The monoisotopic (exact) mass is 376 g/mol. The maximum absolute atomic E-state index is 13.7. The summed E-state index contributed by atoms with van der Waals surface area (Å²) in [6.45, 7) is 0.587. The molecule has 1 saturated carbocycles. The van der Waals surface area contributed by atoms with Crippen molar-refractivity contribution in [3.8, 4) is 0 Å². The summed E-state index contributed by atoms with van der Waals surface area (Å²) in [6.07, 6.45) is 6.35. The minimum absolute atomic E-state index is 0.117. The second-order valence-corrected chi connectivity index (χ2v) is 8.72. The molecule has 4 heteroatoms. The Labute approximate surface area is 166 Å². The lowest BCUT2D eigenvalue weighted by Crippen LogP contribution is -2.60. The quantitative estimate of drug-likeness (QED) is 0.892. The Bertz CT molecular complexity index is 892. The van der Waals surface area contributed by atoms with Crippen molar-refractivity contribution in [2.75, 3.05) is 18.5 Å². The van der Waals surface area contributed by atoms with Gasteiger partial charge in [-0.2, -0.15) is 0 Å². The Balaban J connectivity index is 1.65. The molecule has 2 fully saturated rings. The topological polar surface area (TPSA) is 43.8 Å². The predicted molar refractivity (Wildman–Crippen MR) is 110 cm³/mol. The number of likely N-dealkylation sites (N-methyl/N-ethyl adjacent to an activating group) is 1. The van der Waals surface area contributed by atoms with Gasteiger partial charge in [-0.3, -0.25) is 4.79 Å². The molecule has 0 radical (unpaired) electrons. The number of aliphatic hydroxyl groups is 1. The Kier molecular flexibility index (Phi) is 4.02. The van der Waals surface area contributed by atoms with E-state index in [2.05, 4.69) is 18.2 Å². The van der Waals surface area contributed by atoms with Gasteiger partial charge in [0.2, 0.25) is 5.72 Å². The fourth-order valence-corrected chi connectivity index (χ4v) is 5.87. The van der Waals surface area contributed by atoms with E-state index >= 15 is 0 Å². The molecule has 3 aliphatic rings. The molecule has 2 atom stereocenters. The van der Waals surface area contributed by atoms with Gasteiger partial charge in [0.05, 0.1) is 5.41 Å². The van der Waals surface area contributed by atoms with Crippen LogP contribution in [-0.4, -0.2) is 41.3 Å². The SMILES string of the molecule is CN1c2ccccc2C2(Cc3ccccc3)CN(C3CCCCC3)C(=O)C12O. The van der Waals surface area contributed by atoms with Crippen LogP contribution in [0.5, 0.6) is 0 Å². The first-order valence-corrected chi connectivity index (χ1v) is 10.5. The molecule has 0 bridgehead atoms. The summed E-state index contributed by atoms with van der Waals surface area (Å²) in [5, 5.41) is 12.0. The van der Waals surface area contributed by atoms with E-state index in [0.29, 0.717) is 13.0 Å². The van der Waals surface area contributed by atoms with Gasteiger partial charge in [-0.1, -0.05) is 67.8 Å². The summed E-state index contributed by atoms with van der Waals surface area (Å²) in [6, 6.07) is 18.7. The highest BCUT2D eigenvalue weighted by Gasteiger charge is 2.71.